The van der Waals surface area contributed by atoms with Crippen molar-refractivity contribution in [2.45, 2.75) is 45.6 Å². The van der Waals surface area contributed by atoms with Gasteiger partial charge in [-0.2, -0.15) is 0 Å². The lowest BCUT2D eigenvalue weighted by atomic mass is 10.00. The van der Waals surface area contributed by atoms with Gasteiger partial charge in [-0.15, -0.1) is 5.10 Å². The van der Waals surface area contributed by atoms with Crippen molar-refractivity contribution in [1.82, 2.24) is 19.7 Å². The molecule has 0 saturated heterocycles. The van der Waals surface area contributed by atoms with Crippen molar-refractivity contribution in [3.63, 3.8) is 0 Å². The molecule has 1 N–H and O–H groups in total. The number of pyridine rings is 1. The van der Waals surface area contributed by atoms with Crippen molar-refractivity contribution >= 4 is 11.8 Å². The van der Waals surface area contributed by atoms with Crippen LogP contribution in [0.5, 0.6) is 0 Å². The Morgan fingerprint density at radius 3 is 2.43 bits per heavy atom. The van der Waals surface area contributed by atoms with Gasteiger partial charge < -0.3 is 5.11 Å². The summed E-state index contributed by atoms with van der Waals surface area (Å²) in [7, 11) is 0. The molecule has 4 rings (SSSR count). The summed E-state index contributed by atoms with van der Waals surface area (Å²) >= 11 is 0. The average molecular weight is 469 g/mol. The minimum absolute atomic E-state index is 0.0964. The quantitative estimate of drug-likeness (QED) is 0.239. The molecule has 0 aliphatic carbocycles. The van der Waals surface area contributed by atoms with E-state index in [4.69, 9.17) is 0 Å². The van der Waals surface area contributed by atoms with E-state index in [9.17, 15) is 14.7 Å². The average Bonchev–Trinajstić information content (AvgIpc) is 3.28. The molecule has 0 aliphatic heterocycles. The molecule has 7 heteroatoms. The molecule has 0 amide bonds. The Bertz CT molecular complexity index is 1300. The van der Waals surface area contributed by atoms with Gasteiger partial charge in [0.25, 0.3) is 0 Å². The van der Waals surface area contributed by atoms with Crippen LogP contribution in [0.3, 0.4) is 0 Å². The van der Waals surface area contributed by atoms with E-state index in [2.05, 4.69) is 22.0 Å². The molecule has 0 aliphatic rings. The van der Waals surface area contributed by atoms with Crippen molar-refractivity contribution in [3.05, 3.63) is 101 Å². The number of carboxylic acid groups (broad SMARTS) is 1. The number of carboxylic acids is 1. The number of carbonyl (C=O) groups excluding carboxylic acids is 1. The Hall–Kier alpha value is -4.13. The third kappa shape index (κ3) is 6.06. The molecular weight excluding hydrogens is 440 g/mol. The van der Waals surface area contributed by atoms with Crippen molar-refractivity contribution in [2.75, 3.05) is 0 Å². The number of aryl methyl sites for hydroxylation is 1. The molecule has 0 saturated carbocycles. The van der Waals surface area contributed by atoms with Crippen molar-refractivity contribution in [1.29, 1.82) is 0 Å². The van der Waals surface area contributed by atoms with Gasteiger partial charge >= 0.3 is 5.97 Å². The summed E-state index contributed by atoms with van der Waals surface area (Å²) in [6.45, 7) is 2.86. The van der Waals surface area contributed by atoms with E-state index in [1.807, 2.05) is 59.3 Å². The van der Waals surface area contributed by atoms with E-state index >= 15 is 0 Å². The van der Waals surface area contributed by atoms with Gasteiger partial charge in [0.2, 0.25) is 11.6 Å². The Labute approximate surface area is 204 Å². The second-order valence-corrected chi connectivity index (χ2v) is 8.47. The van der Waals surface area contributed by atoms with Crippen LogP contribution in [-0.4, -0.2) is 36.6 Å². The maximum absolute atomic E-state index is 12.9. The van der Waals surface area contributed by atoms with E-state index < -0.39 is 5.97 Å². The summed E-state index contributed by atoms with van der Waals surface area (Å²) in [4.78, 5) is 32.9. The highest BCUT2D eigenvalue weighted by molar-refractivity contribution is 5.95. The number of rotatable bonds is 11. The number of unbranched alkanes of at least 4 members (excludes halogenated alkanes) is 2. The van der Waals surface area contributed by atoms with Crippen LogP contribution < -0.4 is 0 Å². The van der Waals surface area contributed by atoms with Gasteiger partial charge in [0.15, 0.2) is 0 Å². The molecule has 7 nitrogen and oxygen atoms in total. The minimum Gasteiger partial charge on any atom is -0.478 e. The first-order chi connectivity index (χ1) is 17.0. The normalized spacial score (nSPS) is 10.9. The van der Waals surface area contributed by atoms with Crippen LogP contribution in [0.1, 0.15) is 64.1 Å². The Morgan fingerprint density at radius 1 is 0.943 bits per heavy atom. The van der Waals surface area contributed by atoms with Gasteiger partial charge in [0, 0.05) is 31.8 Å². The Morgan fingerprint density at radius 2 is 1.71 bits per heavy atom. The molecule has 178 valence electrons. The zero-order chi connectivity index (χ0) is 24.6. The van der Waals surface area contributed by atoms with E-state index in [0.29, 0.717) is 18.5 Å². The Kier molecular flexibility index (Phi) is 7.77. The van der Waals surface area contributed by atoms with Crippen LogP contribution in [0.25, 0.3) is 11.1 Å². The number of hydrogen-bond acceptors (Lipinski definition) is 5. The van der Waals surface area contributed by atoms with Crippen LogP contribution in [0, 0.1) is 0 Å². The van der Waals surface area contributed by atoms with Gasteiger partial charge in [0.1, 0.15) is 5.82 Å². The summed E-state index contributed by atoms with van der Waals surface area (Å²) in [5, 5.41) is 14.0. The van der Waals surface area contributed by atoms with Crippen molar-refractivity contribution < 1.29 is 14.7 Å². The topological polar surface area (TPSA) is 98.0 Å². The molecule has 2 aromatic heterocycles. The second-order valence-electron chi connectivity index (χ2n) is 8.47. The molecule has 0 unspecified atom stereocenters. The zero-order valence-corrected chi connectivity index (χ0v) is 19.7. The number of carbonyl (C=O) groups is 2. The van der Waals surface area contributed by atoms with Crippen LogP contribution in [0.15, 0.2) is 73.1 Å². The number of nitrogens with zero attached hydrogens (tertiary/aromatic N) is 4. The maximum atomic E-state index is 12.9. The van der Waals surface area contributed by atoms with Gasteiger partial charge in [-0.05, 0) is 34.7 Å². The third-order valence-electron chi connectivity index (χ3n) is 5.86. The molecule has 4 aromatic rings. The fraction of sp³-hybridized carbons (Fsp3) is 0.250. The molecule has 0 bridgehead atoms. The van der Waals surface area contributed by atoms with Gasteiger partial charge in [-0.25, -0.2) is 14.5 Å². The van der Waals surface area contributed by atoms with Crippen LogP contribution in [0.2, 0.25) is 0 Å². The highest BCUT2D eigenvalue weighted by Crippen LogP contribution is 2.24. The lowest BCUT2D eigenvalue weighted by molar-refractivity contribution is 0.0697. The summed E-state index contributed by atoms with van der Waals surface area (Å²) < 4.78 is 1.85. The lowest BCUT2D eigenvalue weighted by Crippen LogP contribution is -2.08. The molecule has 0 fully saturated rings. The number of Topliss-reactive ketones (excluding diaryl/α,β-unsaturated/α-hetero) is 1. The zero-order valence-electron chi connectivity index (χ0n) is 19.7. The summed E-state index contributed by atoms with van der Waals surface area (Å²) in [5.74, 6) is -0.105. The highest BCUT2D eigenvalue weighted by atomic mass is 16.4. The molecular formula is C28H28N4O3. The number of aromatic nitrogens is 4. The number of aromatic carboxylic acids is 1. The third-order valence-corrected chi connectivity index (χ3v) is 5.86. The summed E-state index contributed by atoms with van der Waals surface area (Å²) in [6, 6.07) is 19.0. The van der Waals surface area contributed by atoms with Gasteiger partial charge in [-0.3, -0.25) is 9.78 Å². The van der Waals surface area contributed by atoms with Crippen LogP contribution in [0.4, 0.5) is 0 Å². The first-order valence-corrected chi connectivity index (χ1v) is 11.8. The van der Waals surface area contributed by atoms with Crippen molar-refractivity contribution in [3.8, 4) is 11.1 Å². The first kappa shape index (κ1) is 24.0. The number of hydrogen-bond donors (Lipinski definition) is 1. The standard InChI is InChI=1S/C28H28N4O3/c1-2-3-7-16-32-26(30-27(31-32)25(33)17-20-8-5-4-6-9-20)18-21-10-12-22(13-11-21)23-14-15-29-19-24(23)28(34)35/h4-6,8-15,19H,2-3,7,16-18H2,1H3,(H,34,35). The lowest BCUT2D eigenvalue weighted by Gasteiger charge is -2.08. The smallest absolute Gasteiger partial charge is 0.337 e. The molecule has 0 radical (unpaired) electrons. The highest BCUT2D eigenvalue weighted by Gasteiger charge is 2.18. The van der Waals surface area contributed by atoms with E-state index in [1.54, 1.807) is 12.3 Å². The predicted octanol–water partition coefficient (Wildman–Crippen LogP) is 5.24. The van der Waals surface area contributed by atoms with Crippen LogP contribution in [-0.2, 0) is 19.4 Å². The SMILES string of the molecule is CCCCCn1nc(C(=O)Cc2ccccc2)nc1Cc1ccc(-c2ccncc2C(=O)O)cc1. The van der Waals surface area contributed by atoms with Crippen molar-refractivity contribution in [2.24, 2.45) is 0 Å². The van der Waals surface area contributed by atoms with E-state index in [0.717, 1.165) is 41.8 Å². The Balaban J connectivity index is 1.55. The van der Waals surface area contributed by atoms with Crippen LogP contribution >= 0.6 is 0 Å². The fourth-order valence-corrected chi connectivity index (χ4v) is 3.98. The van der Waals surface area contributed by atoms with E-state index in [-0.39, 0.29) is 23.6 Å². The number of ketones is 1. The molecule has 0 spiro atoms. The van der Waals surface area contributed by atoms with E-state index in [1.165, 1.54) is 6.20 Å². The molecule has 2 heterocycles. The summed E-state index contributed by atoms with van der Waals surface area (Å²) in [5.41, 5.74) is 3.53. The van der Waals surface area contributed by atoms with Gasteiger partial charge in [-0.1, -0.05) is 74.4 Å². The second kappa shape index (κ2) is 11.3. The molecule has 2 aromatic carbocycles. The fourth-order valence-electron chi connectivity index (χ4n) is 3.98. The summed E-state index contributed by atoms with van der Waals surface area (Å²) in [6.07, 6.45) is 6.89. The maximum Gasteiger partial charge on any atom is 0.337 e. The monoisotopic (exact) mass is 468 g/mol. The van der Waals surface area contributed by atoms with Gasteiger partial charge in [0.05, 0.1) is 5.56 Å². The minimum atomic E-state index is -1.01. The molecule has 35 heavy (non-hydrogen) atoms. The number of benzene rings is 2. The predicted molar refractivity (Wildman–Crippen MR) is 133 cm³/mol. The largest absolute Gasteiger partial charge is 0.478 e. The molecule has 0 atom stereocenters. The first-order valence-electron chi connectivity index (χ1n) is 11.8.